The normalized spacial score (nSPS) is 24.9. The number of aryl methyl sites for hydroxylation is 1. The summed E-state index contributed by atoms with van der Waals surface area (Å²) in [5, 5.41) is 3.50. The summed E-state index contributed by atoms with van der Waals surface area (Å²) in [6.07, 6.45) is 5.13. The van der Waals surface area contributed by atoms with Crippen molar-refractivity contribution >= 4 is 0 Å². The van der Waals surface area contributed by atoms with Crippen LogP contribution in [0.15, 0.2) is 18.3 Å². The predicted molar refractivity (Wildman–Crippen MR) is 61.5 cm³/mol. The van der Waals surface area contributed by atoms with Crippen molar-refractivity contribution in [3.63, 3.8) is 0 Å². The van der Waals surface area contributed by atoms with E-state index < -0.39 is 0 Å². The van der Waals surface area contributed by atoms with E-state index in [4.69, 9.17) is 5.73 Å². The second-order valence-electron chi connectivity index (χ2n) is 4.27. The Morgan fingerprint density at radius 2 is 2.33 bits per heavy atom. The van der Waals surface area contributed by atoms with Crippen LogP contribution in [0.1, 0.15) is 31.0 Å². The zero-order valence-corrected chi connectivity index (χ0v) is 9.24. The molecule has 0 unspecified atom stereocenters. The lowest BCUT2D eigenvalue weighted by Crippen LogP contribution is -2.48. The van der Waals surface area contributed by atoms with E-state index in [2.05, 4.69) is 23.3 Å². The molecule has 15 heavy (non-hydrogen) atoms. The van der Waals surface area contributed by atoms with Crippen LogP contribution in [0.2, 0.25) is 0 Å². The fourth-order valence-electron chi connectivity index (χ4n) is 2.02. The van der Waals surface area contributed by atoms with Crippen molar-refractivity contribution in [2.24, 2.45) is 5.73 Å². The number of rotatable bonds is 4. The maximum Gasteiger partial charge on any atom is 0.0573 e. The number of nitrogens with two attached hydrogens (primary N) is 1. The topological polar surface area (TPSA) is 50.9 Å². The van der Waals surface area contributed by atoms with Gasteiger partial charge in [-0.3, -0.25) is 4.98 Å². The molecule has 1 aromatic rings. The maximum atomic E-state index is 5.74. The van der Waals surface area contributed by atoms with Crippen molar-refractivity contribution in [3.05, 3.63) is 29.6 Å². The lowest BCUT2D eigenvalue weighted by atomic mass is 9.87. The predicted octanol–water partition coefficient (Wildman–Crippen LogP) is 1.22. The maximum absolute atomic E-state index is 5.74. The van der Waals surface area contributed by atoms with Gasteiger partial charge in [0.15, 0.2) is 0 Å². The monoisotopic (exact) mass is 205 g/mol. The zero-order valence-electron chi connectivity index (χ0n) is 9.24. The van der Waals surface area contributed by atoms with Gasteiger partial charge in [-0.15, -0.1) is 0 Å². The van der Waals surface area contributed by atoms with E-state index in [0.29, 0.717) is 12.1 Å². The van der Waals surface area contributed by atoms with E-state index >= 15 is 0 Å². The largest absolute Gasteiger partial charge is 0.328 e. The first kappa shape index (κ1) is 10.6. The van der Waals surface area contributed by atoms with Crippen molar-refractivity contribution < 1.29 is 0 Å². The molecule has 3 nitrogen and oxygen atoms in total. The minimum Gasteiger partial charge on any atom is -0.328 e. The molecule has 1 fully saturated rings. The molecule has 82 valence electrons. The van der Waals surface area contributed by atoms with Gasteiger partial charge in [0.05, 0.1) is 5.69 Å². The summed E-state index contributed by atoms with van der Waals surface area (Å²) in [5.41, 5.74) is 8.26. The standard InChI is InChI=1S/C12H19N3/c1-2-9-4-3-5-14-12(9)8-15-11-6-10(13)7-11/h3-5,10-11,15H,2,6-8,13H2,1H3. The molecule has 0 saturated heterocycles. The van der Waals surface area contributed by atoms with Crippen LogP contribution in [0.25, 0.3) is 0 Å². The molecular formula is C12H19N3. The molecule has 0 atom stereocenters. The van der Waals surface area contributed by atoms with Crippen molar-refractivity contribution in [2.45, 2.75) is 44.8 Å². The first-order valence-electron chi connectivity index (χ1n) is 5.71. The number of pyridine rings is 1. The molecule has 0 spiro atoms. The van der Waals surface area contributed by atoms with Crippen LogP contribution >= 0.6 is 0 Å². The summed E-state index contributed by atoms with van der Waals surface area (Å²) in [5.74, 6) is 0. The lowest BCUT2D eigenvalue weighted by molar-refractivity contribution is 0.289. The third kappa shape index (κ3) is 2.55. The van der Waals surface area contributed by atoms with Crippen molar-refractivity contribution in [3.8, 4) is 0 Å². The van der Waals surface area contributed by atoms with Gasteiger partial charge in [-0.05, 0) is 30.9 Å². The molecule has 0 aromatic carbocycles. The van der Waals surface area contributed by atoms with E-state index in [0.717, 1.165) is 25.8 Å². The highest BCUT2D eigenvalue weighted by molar-refractivity contribution is 5.19. The van der Waals surface area contributed by atoms with Crippen LogP contribution in [0.5, 0.6) is 0 Å². The molecule has 0 amide bonds. The average Bonchev–Trinajstić information content (AvgIpc) is 2.23. The van der Waals surface area contributed by atoms with Crippen LogP contribution in [-0.2, 0) is 13.0 Å². The number of nitrogens with one attached hydrogen (secondary N) is 1. The van der Waals surface area contributed by atoms with Gasteiger partial charge in [0.1, 0.15) is 0 Å². The minimum atomic E-state index is 0.414. The van der Waals surface area contributed by atoms with Gasteiger partial charge in [-0.1, -0.05) is 13.0 Å². The Bertz CT molecular complexity index is 318. The fraction of sp³-hybridized carbons (Fsp3) is 0.583. The quantitative estimate of drug-likeness (QED) is 0.777. The second-order valence-corrected chi connectivity index (χ2v) is 4.27. The molecular weight excluding hydrogens is 186 g/mol. The molecule has 1 heterocycles. The van der Waals surface area contributed by atoms with E-state index in [-0.39, 0.29) is 0 Å². The molecule has 2 rings (SSSR count). The van der Waals surface area contributed by atoms with Gasteiger partial charge in [-0.2, -0.15) is 0 Å². The summed E-state index contributed by atoms with van der Waals surface area (Å²) in [4.78, 5) is 4.41. The Morgan fingerprint density at radius 1 is 1.53 bits per heavy atom. The van der Waals surface area contributed by atoms with Crippen molar-refractivity contribution in [1.82, 2.24) is 10.3 Å². The highest BCUT2D eigenvalue weighted by Gasteiger charge is 2.25. The summed E-state index contributed by atoms with van der Waals surface area (Å²) in [6.45, 7) is 3.04. The van der Waals surface area contributed by atoms with Crippen molar-refractivity contribution in [2.75, 3.05) is 0 Å². The molecule has 1 saturated carbocycles. The van der Waals surface area contributed by atoms with Crippen LogP contribution in [0.4, 0.5) is 0 Å². The summed E-state index contributed by atoms with van der Waals surface area (Å²) in [7, 11) is 0. The Morgan fingerprint density at radius 3 is 3.00 bits per heavy atom. The zero-order chi connectivity index (χ0) is 10.7. The highest BCUT2D eigenvalue weighted by Crippen LogP contribution is 2.18. The molecule has 0 bridgehead atoms. The number of hydrogen-bond donors (Lipinski definition) is 2. The Balaban J connectivity index is 1.87. The van der Waals surface area contributed by atoms with Gasteiger partial charge >= 0.3 is 0 Å². The van der Waals surface area contributed by atoms with E-state index in [9.17, 15) is 0 Å². The lowest BCUT2D eigenvalue weighted by Gasteiger charge is -2.33. The van der Waals surface area contributed by atoms with E-state index in [1.807, 2.05) is 12.3 Å². The van der Waals surface area contributed by atoms with Crippen molar-refractivity contribution in [1.29, 1.82) is 0 Å². The molecule has 3 N–H and O–H groups in total. The van der Waals surface area contributed by atoms with Crippen LogP contribution in [-0.4, -0.2) is 17.1 Å². The van der Waals surface area contributed by atoms with Crippen LogP contribution in [0.3, 0.4) is 0 Å². The third-order valence-corrected chi connectivity index (χ3v) is 3.10. The van der Waals surface area contributed by atoms with Gasteiger partial charge in [0.2, 0.25) is 0 Å². The van der Waals surface area contributed by atoms with Gasteiger partial charge in [-0.25, -0.2) is 0 Å². The Labute approximate surface area is 91.1 Å². The second kappa shape index (κ2) is 4.73. The summed E-state index contributed by atoms with van der Waals surface area (Å²) >= 11 is 0. The third-order valence-electron chi connectivity index (χ3n) is 3.10. The van der Waals surface area contributed by atoms with E-state index in [1.165, 1.54) is 11.3 Å². The highest BCUT2D eigenvalue weighted by atomic mass is 15.0. The number of nitrogens with zero attached hydrogens (tertiary/aromatic N) is 1. The average molecular weight is 205 g/mol. The van der Waals surface area contributed by atoms with Crippen LogP contribution < -0.4 is 11.1 Å². The Hall–Kier alpha value is -0.930. The molecule has 1 aliphatic rings. The summed E-state index contributed by atoms with van der Waals surface area (Å²) in [6, 6.07) is 5.17. The Kier molecular flexibility index (Phi) is 3.34. The number of hydrogen-bond acceptors (Lipinski definition) is 3. The minimum absolute atomic E-state index is 0.414. The first-order chi connectivity index (χ1) is 7.29. The van der Waals surface area contributed by atoms with Gasteiger partial charge < -0.3 is 11.1 Å². The van der Waals surface area contributed by atoms with Gasteiger partial charge in [0.25, 0.3) is 0 Å². The molecule has 1 aromatic heterocycles. The molecule has 1 aliphatic carbocycles. The fourth-order valence-corrected chi connectivity index (χ4v) is 2.02. The van der Waals surface area contributed by atoms with E-state index in [1.54, 1.807) is 0 Å². The smallest absolute Gasteiger partial charge is 0.0573 e. The van der Waals surface area contributed by atoms with Gasteiger partial charge in [0, 0.05) is 24.8 Å². The summed E-state index contributed by atoms with van der Waals surface area (Å²) < 4.78 is 0. The molecule has 0 radical (unpaired) electrons. The molecule has 0 aliphatic heterocycles. The molecule has 3 heteroatoms. The number of aromatic nitrogens is 1. The van der Waals surface area contributed by atoms with Crippen LogP contribution in [0, 0.1) is 0 Å². The first-order valence-corrected chi connectivity index (χ1v) is 5.71. The SMILES string of the molecule is CCc1cccnc1CNC1CC(N)C1.